The molecule has 1 aromatic heterocycles. The highest BCUT2D eigenvalue weighted by atomic mass is 32.1. The number of hydrogen-bond acceptors (Lipinski definition) is 6. The lowest BCUT2D eigenvalue weighted by Gasteiger charge is -2.14. The first-order chi connectivity index (χ1) is 14.0. The van der Waals surface area contributed by atoms with Crippen molar-refractivity contribution in [2.24, 2.45) is 0 Å². The Labute approximate surface area is 171 Å². The Bertz CT molecular complexity index is 1000. The third kappa shape index (κ3) is 4.72. The van der Waals surface area contributed by atoms with Crippen LogP contribution >= 0.6 is 11.3 Å². The van der Waals surface area contributed by atoms with Crippen molar-refractivity contribution in [3.05, 3.63) is 65.2 Å². The number of nitrogens with one attached hydrogen (secondary N) is 1. The summed E-state index contributed by atoms with van der Waals surface area (Å²) < 4.78 is 10.7. The SMILES string of the molecule is COc1cccc(-c2nc(CC(=O)N[C@@H](C(=O)O)c3ccccc3)cs2)c1OC. The number of aromatic nitrogens is 1. The molecule has 0 saturated carbocycles. The number of amides is 1. The molecule has 0 saturated heterocycles. The molecule has 1 amide bonds. The number of para-hydroxylation sites is 1. The van der Waals surface area contributed by atoms with Crippen LogP contribution in [0, 0.1) is 0 Å². The lowest BCUT2D eigenvalue weighted by Crippen LogP contribution is -2.34. The van der Waals surface area contributed by atoms with Crippen LogP contribution in [0.2, 0.25) is 0 Å². The Morgan fingerprint density at radius 2 is 1.86 bits per heavy atom. The second kappa shape index (κ2) is 9.20. The molecule has 0 bridgehead atoms. The number of carboxylic acid groups (broad SMARTS) is 1. The minimum atomic E-state index is -1.12. The van der Waals surface area contributed by atoms with Crippen LogP contribution in [0.15, 0.2) is 53.9 Å². The van der Waals surface area contributed by atoms with Crippen LogP contribution in [0.4, 0.5) is 0 Å². The molecule has 1 heterocycles. The third-order valence-electron chi connectivity index (χ3n) is 4.21. The topological polar surface area (TPSA) is 97.8 Å². The number of carbonyl (C=O) groups is 2. The van der Waals surface area contributed by atoms with E-state index in [0.29, 0.717) is 27.8 Å². The van der Waals surface area contributed by atoms with Gasteiger partial charge in [0, 0.05) is 5.38 Å². The van der Waals surface area contributed by atoms with Crippen molar-refractivity contribution < 1.29 is 24.2 Å². The zero-order chi connectivity index (χ0) is 20.8. The molecule has 29 heavy (non-hydrogen) atoms. The van der Waals surface area contributed by atoms with Gasteiger partial charge in [-0.2, -0.15) is 0 Å². The molecule has 3 rings (SSSR count). The van der Waals surface area contributed by atoms with Crippen LogP contribution in [0.5, 0.6) is 11.5 Å². The van der Waals surface area contributed by atoms with Crippen LogP contribution in [0.25, 0.3) is 10.6 Å². The van der Waals surface area contributed by atoms with Crippen molar-refractivity contribution >= 4 is 23.2 Å². The number of methoxy groups -OCH3 is 2. The van der Waals surface area contributed by atoms with Gasteiger partial charge in [0.25, 0.3) is 0 Å². The summed E-state index contributed by atoms with van der Waals surface area (Å²) in [5, 5.41) is 14.5. The molecular formula is C21H20N2O5S. The van der Waals surface area contributed by atoms with Crippen molar-refractivity contribution in [3.63, 3.8) is 0 Å². The Morgan fingerprint density at radius 1 is 1.10 bits per heavy atom. The van der Waals surface area contributed by atoms with Gasteiger partial charge in [-0.3, -0.25) is 4.79 Å². The molecule has 0 fully saturated rings. The van der Waals surface area contributed by atoms with Gasteiger partial charge in [-0.1, -0.05) is 36.4 Å². The van der Waals surface area contributed by atoms with Crippen molar-refractivity contribution in [2.75, 3.05) is 14.2 Å². The average Bonchev–Trinajstić information content (AvgIpc) is 3.19. The number of thiazole rings is 1. The molecular weight excluding hydrogens is 392 g/mol. The van der Waals surface area contributed by atoms with Gasteiger partial charge in [-0.25, -0.2) is 9.78 Å². The smallest absolute Gasteiger partial charge is 0.330 e. The van der Waals surface area contributed by atoms with Crippen molar-refractivity contribution in [1.29, 1.82) is 0 Å². The number of hydrogen-bond donors (Lipinski definition) is 2. The second-order valence-electron chi connectivity index (χ2n) is 6.11. The molecule has 2 N–H and O–H groups in total. The molecule has 0 aliphatic carbocycles. The fourth-order valence-electron chi connectivity index (χ4n) is 2.88. The summed E-state index contributed by atoms with van der Waals surface area (Å²) in [5.41, 5.74) is 1.81. The monoisotopic (exact) mass is 412 g/mol. The maximum atomic E-state index is 12.4. The molecule has 7 nitrogen and oxygen atoms in total. The predicted molar refractivity (Wildman–Crippen MR) is 109 cm³/mol. The van der Waals surface area contributed by atoms with E-state index >= 15 is 0 Å². The maximum Gasteiger partial charge on any atom is 0.330 e. The fraction of sp³-hybridized carbons (Fsp3) is 0.190. The van der Waals surface area contributed by atoms with Crippen LogP contribution < -0.4 is 14.8 Å². The van der Waals surface area contributed by atoms with Crippen molar-refractivity contribution in [3.8, 4) is 22.1 Å². The van der Waals surface area contributed by atoms with Crippen LogP contribution in [-0.4, -0.2) is 36.2 Å². The number of ether oxygens (including phenoxy) is 2. The summed E-state index contributed by atoms with van der Waals surface area (Å²) in [6, 6.07) is 12.9. The first-order valence-corrected chi connectivity index (χ1v) is 9.64. The highest BCUT2D eigenvalue weighted by Gasteiger charge is 2.22. The van der Waals surface area contributed by atoms with Gasteiger partial charge < -0.3 is 19.9 Å². The van der Waals surface area contributed by atoms with Gasteiger partial charge in [0.1, 0.15) is 5.01 Å². The molecule has 150 valence electrons. The molecule has 0 spiro atoms. The number of aliphatic carboxylic acids is 1. The Hall–Kier alpha value is -3.39. The first kappa shape index (κ1) is 20.3. The quantitative estimate of drug-likeness (QED) is 0.589. The highest BCUT2D eigenvalue weighted by molar-refractivity contribution is 7.13. The molecule has 0 aliphatic rings. The molecule has 8 heteroatoms. The van der Waals surface area contributed by atoms with E-state index in [1.807, 2.05) is 12.1 Å². The first-order valence-electron chi connectivity index (χ1n) is 8.76. The molecule has 0 unspecified atom stereocenters. The summed E-state index contributed by atoms with van der Waals surface area (Å²) in [6.07, 6.45) is -0.0284. The Balaban J connectivity index is 1.75. The number of nitrogens with zero attached hydrogens (tertiary/aromatic N) is 1. The zero-order valence-corrected chi connectivity index (χ0v) is 16.7. The van der Waals surface area contributed by atoms with Crippen LogP contribution in [-0.2, 0) is 16.0 Å². The van der Waals surface area contributed by atoms with E-state index in [9.17, 15) is 14.7 Å². The summed E-state index contributed by atoms with van der Waals surface area (Å²) in [5.74, 6) is -0.387. The number of rotatable bonds is 8. The van der Waals surface area contributed by atoms with E-state index in [1.165, 1.54) is 11.3 Å². The summed E-state index contributed by atoms with van der Waals surface area (Å²) in [6.45, 7) is 0. The van der Waals surface area contributed by atoms with Gasteiger partial charge in [0.15, 0.2) is 17.5 Å². The van der Waals surface area contributed by atoms with E-state index in [1.54, 1.807) is 56.0 Å². The van der Waals surface area contributed by atoms with Gasteiger partial charge in [-0.15, -0.1) is 11.3 Å². The summed E-state index contributed by atoms with van der Waals surface area (Å²) in [7, 11) is 3.11. The molecule has 3 aromatic rings. The largest absolute Gasteiger partial charge is 0.493 e. The van der Waals surface area contributed by atoms with Gasteiger partial charge >= 0.3 is 5.97 Å². The standard InChI is InChI=1S/C21H20N2O5S/c1-27-16-10-6-9-15(19(16)28-2)20-22-14(12-29-20)11-17(24)23-18(21(25)26)13-7-4-3-5-8-13/h3-10,12,18H,11H2,1-2H3,(H,23,24)(H,25,26)/t18-/m1/s1. The summed E-state index contributed by atoms with van der Waals surface area (Å²) in [4.78, 5) is 28.5. The van der Waals surface area contributed by atoms with E-state index in [0.717, 1.165) is 5.56 Å². The lowest BCUT2D eigenvalue weighted by atomic mass is 10.1. The van der Waals surface area contributed by atoms with Crippen LogP contribution in [0.1, 0.15) is 17.3 Å². The van der Waals surface area contributed by atoms with E-state index in [-0.39, 0.29) is 6.42 Å². The average molecular weight is 412 g/mol. The second-order valence-corrected chi connectivity index (χ2v) is 6.97. The number of carboxylic acids is 1. The lowest BCUT2D eigenvalue weighted by molar-refractivity contribution is -0.142. The third-order valence-corrected chi connectivity index (χ3v) is 5.14. The minimum absolute atomic E-state index is 0.0284. The van der Waals surface area contributed by atoms with Crippen molar-refractivity contribution in [2.45, 2.75) is 12.5 Å². The van der Waals surface area contributed by atoms with Crippen molar-refractivity contribution in [1.82, 2.24) is 10.3 Å². The van der Waals surface area contributed by atoms with Gasteiger partial charge in [-0.05, 0) is 17.7 Å². The minimum Gasteiger partial charge on any atom is -0.493 e. The van der Waals surface area contributed by atoms with Crippen LogP contribution in [0.3, 0.4) is 0 Å². The van der Waals surface area contributed by atoms with E-state index in [4.69, 9.17) is 9.47 Å². The summed E-state index contributed by atoms with van der Waals surface area (Å²) >= 11 is 1.37. The van der Waals surface area contributed by atoms with E-state index in [2.05, 4.69) is 10.3 Å². The molecule has 0 aliphatic heterocycles. The maximum absolute atomic E-state index is 12.4. The molecule has 2 aromatic carbocycles. The zero-order valence-electron chi connectivity index (χ0n) is 15.9. The fourth-order valence-corrected chi connectivity index (χ4v) is 3.72. The number of benzene rings is 2. The normalized spacial score (nSPS) is 11.5. The van der Waals surface area contributed by atoms with E-state index < -0.39 is 17.9 Å². The highest BCUT2D eigenvalue weighted by Crippen LogP contribution is 2.39. The van der Waals surface area contributed by atoms with Gasteiger partial charge in [0.05, 0.1) is 31.9 Å². The Kier molecular flexibility index (Phi) is 6.46. The van der Waals surface area contributed by atoms with Gasteiger partial charge in [0.2, 0.25) is 5.91 Å². The predicted octanol–water partition coefficient (Wildman–Crippen LogP) is 3.31. The molecule has 1 atom stereocenters. The molecule has 0 radical (unpaired) electrons. The Morgan fingerprint density at radius 3 is 2.52 bits per heavy atom. The number of carbonyl (C=O) groups excluding carboxylic acids is 1.